The molecule has 1 heterocycles. The van der Waals surface area contributed by atoms with Gasteiger partial charge in [-0.15, -0.1) is 0 Å². The summed E-state index contributed by atoms with van der Waals surface area (Å²) in [4.78, 5) is 23.5. The standard InChI is InChI=1S/C14H19N3O3/c1-8-12(18)16-11-9(6-5-7-10(11)20-8)15-13(19)17-14(2,3)4/h5-8H,1-4H3,(H,16,18)(H2,15,17,19). The fraction of sp³-hybridized carbons (Fsp3) is 0.429. The third-order valence-corrected chi connectivity index (χ3v) is 2.68. The number of hydrogen-bond acceptors (Lipinski definition) is 3. The average molecular weight is 277 g/mol. The van der Waals surface area contributed by atoms with E-state index in [9.17, 15) is 9.59 Å². The molecule has 1 aliphatic heterocycles. The van der Waals surface area contributed by atoms with Crippen LogP contribution in [0.4, 0.5) is 16.2 Å². The van der Waals surface area contributed by atoms with Gasteiger partial charge in [-0.1, -0.05) is 6.07 Å². The highest BCUT2D eigenvalue weighted by Gasteiger charge is 2.26. The van der Waals surface area contributed by atoms with Crippen molar-refractivity contribution in [3.63, 3.8) is 0 Å². The van der Waals surface area contributed by atoms with Crippen molar-refractivity contribution in [3.8, 4) is 5.75 Å². The number of carbonyl (C=O) groups excluding carboxylic acids is 2. The molecule has 0 radical (unpaired) electrons. The molecule has 1 aromatic carbocycles. The molecule has 0 spiro atoms. The van der Waals surface area contributed by atoms with Crippen LogP contribution in [0.15, 0.2) is 18.2 Å². The smallest absolute Gasteiger partial charge is 0.319 e. The first-order valence-corrected chi connectivity index (χ1v) is 6.46. The summed E-state index contributed by atoms with van der Waals surface area (Å²) < 4.78 is 5.48. The Balaban J connectivity index is 2.20. The molecule has 0 aromatic heterocycles. The maximum absolute atomic E-state index is 11.9. The van der Waals surface area contributed by atoms with E-state index < -0.39 is 6.10 Å². The Kier molecular flexibility index (Phi) is 3.57. The van der Waals surface area contributed by atoms with Gasteiger partial charge in [-0.3, -0.25) is 4.79 Å². The van der Waals surface area contributed by atoms with Gasteiger partial charge in [0, 0.05) is 5.54 Å². The van der Waals surface area contributed by atoms with E-state index in [4.69, 9.17) is 4.74 Å². The Morgan fingerprint density at radius 2 is 2.05 bits per heavy atom. The van der Waals surface area contributed by atoms with Gasteiger partial charge in [-0.25, -0.2) is 4.79 Å². The van der Waals surface area contributed by atoms with Crippen LogP contribution in [-0.2, 0) is 4.79 Å². The Morgan fingerprint density at radius 1 is 1.35 bits per heavy atom. The molecule has 0 bridgehead atoms. The van der Waals surface area contributed by atoms with Crippen LogP contribution in [0.25, 0.3) is 0 Å². The second kappa shape index (κ2) is 5.03. The zero-order chi connectivity index (χ0) is 14.9. The van der Waals surface area contributed by atoms with Crippen LogP contribution in [-0.4, -0.2) is 23.6 Å². The molecule has 0 saturated heterocycles. The van der Waals surface area contributed by atoms with Gasteiger partial charge in [0.15, 0.2) is 6.10 Å². The van der Waals surface area contributed by atoms with Crippen LogP contribution in [0.2, 0.25) is 0 Å². The van der Waals surface area contributed by atoms with Crippen LogP contribution < -0.4 is 20.7 Å². The van der Waals surface area contributed by atoms with Gasteiger partial charge in [0.25, 0.3) is 5.91 Å². The van der Waals surface area contributed by atoms with Crippen molar-refractivity contribution in [2.75, 3.05) is 10.6 Å². The lowest BCUT2D eigenvalue weighted by Gasteiger charge is -2.26. The zero-order valence-electron chi connectivity index (χ0n) is 12.0. The highest BCUT2D eigenvalue weighted by molar-refractivity contribution is 6.04. The molecule has 3 amide bonds. The van der Waals surface area contributed by atoms with Crippen LogP contribution in [0.1, 0.15) is 27.7 Å². The van der Waals surface area contributed by atoms with Gasteiger partial charge >= 0.3 is 6.03 Å². The first-order valence-electron chi connectivity index (χ1n) is 6.46. The summed E-state index contributed by atoms with van der Waals surface area (Å²) in [5, 5.41) is 8.25. The van der Waals surface area contributed by atoms with Crippen molar-refractivity contribution in [2.24, 2.45) is 0 Å². The summed E-state index contributed by atoms with van der Waals surface area (Å²) in [5.41, 5.74) is 0.650. The van der Waals surface area contributed by atoms with Gasteiger partial charge in [-0.05, 0) is 39.8 Å². The van der Waals surface area contributed by atoms with E-state index in [0.29, 0.717) is 17.1 Å². The average Bonchev–Trinajstić information content (AvgIpc) is 2.29. The van der Waals surface area contributed by atoms with Gasteiger partial charge in [0.05, 0.1) is 5.69 Å². The summed E-state index contributed by atoms with van der Waals surface area (Å²) in [6.45, 7) is 7.34. The van der Waals surface area contributed by atoms with Crippen LogP contribution in [0.3, 0.4) is 0 Å². The summed E-state index contributed by atoms with van der Waals surface area (Å²) in [7, 11) is 0. The first-order chi connectivity index (χ1) is 9.26. The minimum absolute atomic E-state index is 0.233. The normalized spacial score (nSPS) is 17.6. The number of ether oxygens (including phenoxy) is 1. The largest absolute Gasteiger partial charge is 0.479 e. The Hall–Kier alpha value is -2.24. The number of hydrogen-bond donors (Lipinski definition) is 3. The Labute approximate surface area is 117 Å². The van der Waals surface area contributed by atoms with E-state index >= 15 is 0 Å². The minimum Gasteiger partial charge on any atom is -0.479 e. The topological polar surface area (TPSA) is 79.5 Å². The molecule has 6 heteroatoms. The molecule has 0 aliphatic carbocycles. The van der Waals surface area contributed by atoms with E-state index in [1.54, 1.807) is 25.1 Å². The SMILES string of the molecule is CC1Oc2cccc(NC(=O)NC(C)(C)C)c2NC1=O. The number of nitrogens with one attached hydrogen (secondary N) is 3. The lowest BCUT2D eigenvalue weighted by Crippen LogP contribution is -2.43. The summed E-state index contributed by atoms with van der Waals surface area (Å²) in [6.07, 6.45) is -0.541. The van der Waals surface area contributed by atoms with Gasteiger partial charge in [-0.2, -0.15) is 0 Å². The van der Waals surface area contributed by atoms with Crippen molar-refractivity contribution >= 4 is 23.3 Å². The maximum atomic E-state index is 11.9. The molecule has 0 saturated carbocycles. The molecule has 108 valence electrons. The van der Waals surface area contributed by atoms with E-state index in [2.05, 4.69) is 16.0 Å². The lowest BCUT2D eigenvalue weighted by molar-refractivity contribution is -0.122. The molecule has 1 aliphatic rings. The molecule has 1 aromatic rings. The first kappa shape index (κ1) is 14.2. The minimum atomic E-state index is -0.541. The van der Waals surface area contributed by atoms with Crippen molar-refractivity contribution in [2.45, 2.75) is 39.3 Å². The number of para-hydroxylation sites is 1. The number of carbonyl (C=O) groups is 2. The van der Waals surface area contributed by atoms with Crippen molar-refractivity contribution in [3.05, 3.63) is 18.2 Å². The Bertz CT molecular complexity index is 549. The molecule has 20 heavy (non-hydrogen) atoms. The monoisotopic (exact) mass is 277 g/mol. The molecule has 0 fully saturated rings. The number of benzene rings is 1. The second-order valence-electron chi connectivity index (χ2n) is 5.76. The molecular weight excluding hydrogens is 258 g/mol. The highest BCUT2D eigenvalue weighted by atomic mass is 16.5. The second-order valence-corrected chi connectivity index (χ2v) is 5.76. The van der Waals surface area contributed by atoms with Crippen LogP contribution >= 0.6 is 0 Å². The molecule has 2 rings (SSSR count). The summed E-state index contributed by atoms with van der Waals surface area (Å²) in [6, 6.07) is 4.88. The van der Waals surface area contributed by atoms with E-state index in [0.717, 1.165) is 0 Å². The van der Waals surface area contributed by atoms with Crippen LogP contribution in [0, 0.1) is 0 Å². The van der Waals surface area contributed by atoms with Crippen molar-refractivity contribution < 1.29 is 14.3 Å². The number of urea groups is 1. The predicted octanol–water partition coefficient (Wildman–Crippen LogP) is 2.33. The fourth-order valence-corrected chi connectivity index (χ4v) is 1.83. The van der Waals surface area contributed by atoms with E-state index in [-0.39, 0.29) is 17.5 Å². The zero-order valence-corrected chi connectivity index (χ0v) is 12.0. The highest BCUT2D eigenvalue weighted by Crippen LogP contribution is 2.36. The lowest BCUT2D eigenvalue weighted by atomic mass is 10.1. The molecule has 3 N–H and O–H groups in total. The van der Waals surface area contributed by atoms with Crippen molar-refractivity contribution in [1.29, 1.82) is 0 Å². The van der Waals surface area contributed by atoms with E-state index in [1.165, 1.54) is 0 Å². The fourth-order valence-electron chi connectivity index (χ4n) is 1.83. The molecule has 6 nitrogen and oxygen atoms in total. The quantitative estimate of drug-likeness (QED) is 0.737. The van der Waals surface area contributed by atoms with E-state index in [1.807, 2.05) is 20.8 Å². The van der Waals surface area contributed by atoms with Crippen molar-refractivity contribution in [1.82, 2.24) is 5.32 Å². The van der Waals surface area contributed by atoms with Crippen LogP contribution in [0.5, 0.6) is 5.75 Å². The maximum Gasteiger partial charge on any atom is 0.319 e. The molecular formula is C14H19N3O3. The number of anilines is 2. The summed E-state index contributed by atoms with van der Waals surface area (Å²) >= 11 is 0. The number of fused-ring (bicyclic) bond motifs is 1. The summed E-state index contributed by atoms with van der Waals surface area (Å²) in [5.74, 6) is 0.314. The molecule has 1 atom stereocenters. The van der Waals surface area contributed by atoms with Gasteiger partial charge < -0.3 is 20.7 Å². The van der Waals surface area contributed by atoms with Gasteiger partial charge in [0.2, 0.25) is 0 Å². The van der Waals surface area contributed by atoms with Gasteiger partial charge in [0.1, 0.15) is 11.4 Å². The number of amides is 3. The predicted molar refractivity (Wildman–Crippen MR) is 77.1 cm³/mol. The third kappa shape index (κ3) is 3.20. The third-order valence-electron chi connectivity index (χ3n) is 2.68. The Morgan fingerprint density at radius 3 is 2.70 bits per heavy atom. The molecule has 1 unspecified atom stereocenters. The number of rotatable bonds is 1.